The summed E-state index contributed by atoms with van der Waals surface area (Å²) in [7, 11) is -3.60. The summed E-state index contributed by atoms with van der Waals surface area (Å²) in [4.78, 5) is 16.8. The Labute approximate surface area is 172 Å². The van der Waals surface area contributed by atoms with E-state index in [1.165, 1.54) is 17.1 Å². The summed E-state index contributed by atoms with van der Waals surface area (Å²) in [5.74, 6) is 1.21. The first-order chi connectivity index (χ1) is 14.0. The second-order valence-electron chi connectivity index (χ2n) is 7.78. The van der Waals surface area contributed by atoms with Crippen molar-refractivity contribution in [3.05, 3.63) is 18.2 Å². The molecule has 8 nitrogen and oxygen atoms in total. The topological polar surface area (TPSA) is 79.4 Å². The van der Waals surface area contributed by atoms with Crippen molar-refractivity contribution in [1.82, 2.24) is 14.1 Å². The zero-order chi connectivity index (χ0) is 20.3. The Balaban J connectivity index is 1.34. The Morgan fingerprint density at radius 3 is 2.21 bits per heavy atom. The minimum absolute atomic E-state index is 0.162. The number of likely N-dealkylation sites (tertiary alicyclic amines) is 1. The zero-order valence-corrected chi connectivity index (χ0v) is 17.5. The third kappa shape index (κ3) is 4.67. The first kappa shape index (κ1) is 20.4. The number of ether oxygens (including phenoxy) is 2. The standard InChI is InChI=1S/C20H29N3O5S/c24-20(22-7-3-1-2-4-8-22)16-21-9-11-23(12-10-21)29(25,26)17-5-6-18-19(15-17)28-14-13-27-18/h5-6,15H,1-4,7-14,16H2. The van der Waals surface area contributed by atoms with Crippen molar-refractivity contribution in [2.24, 2.45) is 0 Å². The van der Waals surface area contributed by atoms with Gasteiger partial charge in [0, 0.05) is 45.3 Å². The van der Waals surface area contributed by atoms with E-state index in [-0.39, 0.29) is 10.8 Å². The van der Waals surface area contributed by atoms with E-state index < -0.39 is 10.0 Å². The molecule has 0 atom stereocenters. The molecule has 0 aromatic heterocycles. The summed E-state index contributed by atoms with van der Waals surface area (Å²) in [5, 5.41) is 0. The van der Waals surface area contributed by atoms with Gasteiger partial charge in [0.25, 0.3) is 0 Å². The summed E-state index contributed by atoms with van der Waals surface area (Å²) in [6.45, 7) is 4.82. The van der Waals surface area contributed by atoms with Crippen LogP contribution in [0.2, 0.25) is 0 Å². The smallest absolute Gasteiger partial charge is 0.243 e. The van der Waals surface area contributed by atoms with Gasteiger partial charge in [0.1, 0.15) is 13.2 Å². The number of carbonyl (C=O) groups is 1. The van der Waals surface area contributed by atoms with Crippen molar-refractivity contribution in [3.63, 3.8) is 0 Å². The molecule has 3 aliphatic heterocycles. The van der Waals surface area contributed by atoms with Crippen molar-refractivity contribution in [3.8, 4) is 11.5 Å². The molecule has 1 aromatic rings. The van der Waals surface area contributed by atoms with Crippen LogP contribution >= 0.6 is 0 Å². The molecule has 9 heteroatoms. The minimum atomic E-state index is -3.60. The van der Waals surface area contributed by atoms with Gasteiger partial charge in [0.2, 0.25) is 15.9 Å². The third-order valence-corrected chi connectivity index (χ3v) is 7.69. The van der Waals surface area contributed by atoms with Crippen LogP contribution in [-0.4, -0.2) is 87.5 Å². The molecule has 2 fully saturated rings. The van der Waals surface area contributed by atoms with Crippen LogP contribution in [0.4, 0.5) is 0 Å². The summed E-state index contributed by atoms with van der Waals surface area (Å²) >= 11 is 0. The van der Waals surface area contributed by atoms with Gasteiger partial charge < -0.3 is 14.4 Å². The molecule has 0 N–H and O–H groups in total. The van der Waals surface area contributed by atoms with Crippen molar-refractivity contribution in [2.75, 3.05) is 59.0 Å². The maximum atomic E-state index is 13.0. The Morgan fingerprint density at radius 1 is 0.862 bits per heavy atom. The zero-order valence-electron chi connectivity index (χ0n) is 16.7. The molecule has 1 amide bonds. The fourth-order valence-corrected chi connectivity index (χ4v) is 5.51. The van der Waals surface area contributed by atoms with Crippen LogP contribution < -0.4 is 9.47 Å². The molecule has 0 unspecified atom stereocenters. The quantitative estimate of drug-likeness (QED) is 0.723. The van der Waals surface area contributed by atoms with E-state index >= 15 is 0 Å². The van der Waals surface area contributed by atoms with Gasteiger partial charge >= 0.3 is 0 Å². The van der Waals surface area contributed by atoms with Crippen LogP contribution in [0.3, 0.4) is 0 Å². The van der Waals surface area contributed by atoms with E-state index in [1.54, 1.807) is 18.2 Å². The molecule has 1 aromatic carbocycles. The molecule has 3 heterocycles. The summed E-state index contributed by atoms with van der Waals surface area (Å²) < 4.78 is 38.5. The van der Waals surface area contributed by atoms with E-state index in [0.717, 1.165) is 25.9 Å². The number of hydrogen-bond acceptors (Lipinski definition) is 6. The highest BCUT2D eigenvalue weighted by molar-refractivity contribution is 7.89. The van der Waals surface area contributed by atoms with Gasteiger partial charge in [-0.3, -0.25) is 9.69 Å². The molecule has 0 bridgehead atoms. The van der Waals surface area contributed by atoms with Gasteiger partial charge in [0.05, 0.1) is 11.4 Å². The molecule has 4 rings (SSSR count). The minimum Gasteiger partial charge on any atom is -0.486 e. The largest absolute Gasteiger partial charge is 0.486 e. The van der Waals surface area contributed by atoms with Crippen LogP contribution in [0.25, 0.3) is 0 Å². The lowest BCUT2D eigenvalue weighted by Gasteiger charge is -2.34. The highest BCUT2D eigenvalue weighted by Crippen LogP contribution is 2.33. The Bertz CT molecular complexity index is 829. The molecule has 0 saturated carbocycles. The van der Waals surface area contributed by atoms with Crippen molar-refractivity contribution >= 4 is 15.9 Å². The van der Waals surface area contributed by atoms with Gasteiger partial charge in [-0.25, -0.2) is 8.42 Å². The van der Waals surface area contributed by atoms with Gasteiger partial charge in [0.15, 0.2) is 11.5 Å². The number of carbonyl (C=O) groups excluding carboxylic acids is 1. The van der Waals surface area contributed by atoms with Crippen molar-refractivity contribution < 1.29 is 22.7 Å². The first-order valence-corrected chi connectivity index (χ1v) is 11.9. The molecular formula is C20H29N3O5S. The number of piperazine rings is 1. The number of sulfonamides is 1. The summed E-state index contributed by atoms with van der Waals surface area (Å²) in [6.07, 6.45) is 4.54. The molecule has 3 aliphatic rings. The van der Waals surface area contributed by atoms with Gasteiger partial charge in [-0.05, 0) is 25.0 Å². The summed E-state index contributed by atoms with van der Waals surface area (Å²) in [6, 6.07) is 4.76. The third-order valence-electron chi connectivity index (χ3n) is 5.80. The van der Waals surface area contributed by atoms with E-state index in [9.17, 15) is 13.2 Å². The first-order valence-electron chi connectivity index (χ1n) is 10.4. The van der Waals surface area contributed by atoms with E-state index in [4.69, 9.17) is 9.47 Å². The van der Waals surface area contributed by atoms with Crippen molar-refractivity contribution in [1.29, 1.82) is 0 Å². The van der Waals surface area contributed by atoms with Crippen LogP contribution in [0.15, 0.2) is 23.1 Å². The highest BCUT2D eigenvalue weighted by atomic mass is 32.2. The molecule has 0 spiro atoms. The highest BCUT2D eigenvalue weighted by Gasteiger charge is 2.30. The average molecular weight is 424 g/mol. The number of benzene rings is 1. The van der Waals surface area contributed by atoms with Gasteiger partial charge in [-0.15, -0.1) is 0 Å². The number of rotatable bonds is 4. The predicted octanol–water partition coefficient (Wildman–Crippen LogP) is 1.17. The maximum absolute atomic E-state index is 13.0. The van der Waals surface area contributed by atoms with Gasteiger partial charge in [-0.1, -0.05) is 12.8 Å². The number of amides is 1. The van der Waals surface area contributed by atoms with Gasteiger partial charge in [-0.2, -0.15) is 4.31 Å². The molecule has 0 aliphatic carbocycles. The second kappa shape index (κ2) is 8.89. The van der Waals surface area contributed by atoms with Crippen LogP contribution in [0, 0.1) is 0 Å². The van der Waals surface area contributed by atoms with E-state index in [1.807, 2.05) is 4.90 Å². The molecule has 2 saturated heterocycles. The van der Waals surface area contributed by atoms with E-state index in [0.29, 0.717) is 57.4 Å². The van der Waals surface area contributed by atoms with Crippen LogP contribution in [0.5, 0.6) is 11.5 Å². The number of nitrogens with zero attached hydrogens (tertiary/aromatic N) is 3. The average Bonchev–Trinajstić information content (AvgIpc) is 3.03. The molecule has 29 heavy (non-hydrogen) atoms. The second-order valence-corrected chi connectivity index (χ2v) is 9.72. The lowest BCUT2D eigenvalue weighted by Crippen LogP contribution is -2.51. The molecular weight excluding hydrogens is 394 g/mol. The Kier molecular flexibility index (Phi) is 6.26. The summed E-state index contributed by atoms with van der Waals surface area (Å²) in [5.41, 5.74) is 0. The monoisotopic (exact) mass is 423 g/mol. The Hall–Kier alpha value is -1.84. The number of hydrogen-bond donors (Lipinski definition) is 0. The molecule has 160 valence electrons. The normalized spacial score (nSPS) is 21.6. The molecule has 0 radical (unpaired) electrons. The van der Waals surface area contributed by atoms with Crippen LogP contribution in [-0.2, 0) is 14.8 Å². The lowest BCUT2D eigenvalue weighted by molar-refractivity contribution is -0.132. The maximum Gasteiger partial charge on any atom is 0.243 e. The lowest BCUT2D eigenvalue weighted by atomic mass is 10.2. The predicted molar refractivity (Wildman–Crippen MR) is 108 cm³/mol. The number of fused-ring (bicyclic) bond motifs is 1. The van der Waals surface area contributed by atoms with Crippen molar-refractivity contribution in [2.45, 2.75) is 30.6 Å². The SMILES string of the molecule is O=C(CN1CCN(S(=O)(=O)c2ccc3c(c2)OCCO3)CC1)N1CCCCCC1. The van der Waals surface area contributed by atoms with E-state index in [2.05, 4.69) is 4.90 Å². The fraction of sp³-hybridized carbons (Fsp3) is 0.650. The Morgan fingerprint density at radius 2 is 1.52 bits per heavy atom. The van der Waals surface area contributed by atoms with Crippen LogP contribution in [0.1, 0.15) is 25.7 Å². The fourth-order valence-electron chi connectivity index (χ4n) is 4.07.